The summed E-state index contributed by atoms with van der Waals surface area (Å²) in [4.78, 5) is 12.5. The van der Waals surface area contributed by atoms with Crippen LogP contribution in [-0.4, -0.2) is 22.3 Å². The van der Waals surface area contributed by atoms with Gasteiger partial charge in [-0.1, -0.05) is 0 Å². The molecule has 0 saturated heterocycles. The lowest BCUT2D eigenvalue weighted by molar-refractivity contribution is 0.132. The van der Waals surface area contributed by atoms with Gasteiger partial charge in [0.1, 0.15) is 6.04 Å². The van der Waals surface area contributed by atoms with Crippen LogP contribution in [0, 0.1) is 0 Å². The van der Waals surface area contributed by atoms with Crippen LogP contribution in [0.4, 0.5) is 4.79 Å². The monoisotopic (exact) mass is 144 g/mol. The third-order valence-electron chi connectivity index (χ3n) is 0.821. The first-order chi connectivity index (χ1) is 4.59. The predicted octanol–water partition coefficient (Wildman–Crippen LogP) is 1.60. The lowest BCUT2D eigenvalue weighted by Crippen LogP contribution is -2.29. The van der Waals surface area contributed by atoms with Gasteiger partial charge in [-0.25, -0.2) is 0 Å². The van der Waals surface area contributed by atoms with Crippen molar-refractivity contribution in [2.75, 3.05) is 0 Å². The maximum absolute atomic E-state index is 10.2. The van der Waals surface area contributed by atoms with E-state index >= 15 is 0 Å². The molecule has 0 atom stereocenters. The number of carboxylic acid groups (broad SMARTS) is 1. The summed E-state index contributed by atoms with van der Waals surface area (Å²) in [6, 6.07) is -0.326. The zero-order valence-electron chi connectivity index (χ0n) is 5.72. The van der Waals surface area contributed by atoms with E-state index in [2.05, 4.69) is 10.1 Å². The second kappa shape index (κ2) is 3.58. The molecule has 0 bridgehead atoms. The van der Waals surface area contributed by atoms with Crippen LogP contribution in [-0.2, 0) is 0 Å². The molecule has 0 unspecified atom stereocenters. The van der Waals surface area contributed by atoms with Gasteiger partial charge < -0.3 is 5.11 Å². The molecular weight excluding hydrogens is 136 g/mol. The fourth-order valence-electron chi connectivity index (χ4n) is 0.406. The normalized spacial score (nSPS) is 8.70. The Labute approximate surface area is 57.7 Å². The van der Waals surface area contributed by atoms with E-state index in [9.17, 15) is 4.79 Å². The van der Waals surface area contributed by atoms with Crippen LogP contribution in [0.3, 0.4) is 0 Å². The van der Waals surface area contributed by atoms with Crippen molar-refractivity contribution < 1.29 is 9.90 Å². The smallest absolute Gasteiger partial charge is 0.446 e. The van der Waals surface area contributed by atoms with E-state index in [4.69, 9.17) is 10.6 Å². The van der Waals surface area contributed by atoms with E-state index < -0.39 is 6.09 Å². The molecule has 0 aliphatic rings. The van der Waals surface area contributed by atoms with Gasteiger partial charge in [0.25, 0.3) is 0 Å². The lowest BCUT2D eigenvalue weighted by atomic mass is 10.4. The second-order valence-electron chi connectivity index (χ2n) is 1.90. The van der Waals surface area contributed by atoms with E-state index in [0.717, 1.165) is 0 Å². The first-order valence-electron chi connectivity index (χ1n) is 2.66. The molecule has 0 fully saturated rings. The van der Waals surface area contributed by atoms with E-state index in [1.165, 1.54) is 0 Å². The molecule has 10 heavy (non-hydrogen) atoms. The highest BCUT2D eigenvalue weighted by Gasteiger charge is 2.18. The fourth-order valence-corrected chi connectivity index (χ4v) is 0.406. The third kappa shape index (κ3) is 2.23. The van der Waals surface area contributed by atoms with Crippen molar-refractivity contribution in [1.82, 2.24) is 5.01 Å². The molecule has 0 aromatic rings. The molecule has 1 N–H and O–H groups in total. The highest BCUT2D eigenvalue weighted by atomic mass is 16.4. The first-order valence-corrected chi connectivity index (χ1v) is 2.66. The summed E-state index contributed by atoms with van der Waals surface area (Å²) in [7, 11) is 0. The summed E-state index contributed by atoms with van der Waals surface area (Å²) < 4.78 is 0. The molecule has 1 amide bonds. The Hall–Kier alpha value is -1.42. The van der Waals surface area contributed by atoms with E-state index in [1.54, 1.807) is 13.8 Å². The van der Waals surface area contributed by atoms with Gasteiger partial charge in [-0.05, 0) is 19.1 Å². The van der Waals surface area contributed by atoms with Crippen molar-refractivity contribution >= 4 is 6.09 Å². The van der Waals surface area contributed by atoms with Crippen LogP contribution in [0.1, 0.15) is 13.8 Å². The molecule has 0 rings (SSSR count). The zero-order chi connectivity index (χ0) is 8.15. The summed E-state index contributed by atoms with van der Waals surface area (Å²) >= 11 is 0. The summed E-state index contributed by atoms with van der Waals surface area (Å²) in [5.41, 5.74) is 7.89. The molecule has 0 aromatic carbocycles. The summed E-state index contributed by atoms with van der Waals surface area (Å²) in [5.74, 6) is 0. The summed E-state index contributed by atoms with van der Waals surface area (Å²) in [6.07, 6.45) is -1.24. The Kier molecular flexibility index (Phi) is 3.07. The van der Waals surface area contributed by atoms with Crippen LogP contribution in [0.2, 0.25) is 0 Å². The van der Waals surface area contributed by atoms with Crippen molar-refractivity contribution in [3.8, 4) is 0 Å². The minimum Gasteiger partial charge on any atom is -0.446 e. The second-order valence-corrected chi connectivity index (χ2v) is 1.90. The minimum atomic E-state index is -1.24. The SMILES string of the molecule is CC(C)N(N=[N+]=[N-])C(=O)O. The van der Waals surface area contributed by atoms with Gasteiger partial charge >= 0.3 is 6.09 Å². The largest absolute Gasteiger partial charge is 0.508 e. The fraction of sp³-hybridized carbons (Fsp3) is 0.750. The maximum Gasteiger partial charge on any atom is 0.508 e. The van der Waals surface area contributed by atoms with Crippen molar-refractivity contribution in [3.63, 3.8) is 0 Å². The maximum atomic E-state index is 10.2. The summed E-state index contributed by atoms with van der Waals surface area (Å²) in [6.45, 7) is 3.23. The van der Waals surface area contributed by atoms with Gasteiger partial charge in [-0.3, -0.25) is 0 Å². The van der Waals surface area contributed by atoms with E-state index in [0.29, 0.717) is 5.01 Å². The Bertz CT molecular complexity index is 170. The molecule has 0 aliphatic carbocycles. The molecule has 6 heteroatoms. The molecule has 0 heterocycles. The third-order valence-corrected chi connectivity index (χ3v) is 0.821. The number of hydrogen-bond donors (Lipinski definition) is 1. The van der Waals surface area contributed by atoms with Crippen molar-refractivity contribution in [3.05, 3.63) is 10.4 Å². The summed E-state index contributed by atoms with van der Waals surface area (Å²) in [5, 5.41) is 11.9. The topological polar surface area (TPSA) is 89.3 Å². The minimum absolute atomic E-state index is 0.326. The molecule has 0 saturated carbocycles. The highest BCUT2D eigenvalue weighted by molar-refractivity contribution is 5.64. The predicted molar refractivity (Wildman–Crippen MR) is 34.1 cm³/mol. The standard InChI is InChI=1S/C4H8N4O2/c1-3(2)8(4(9)10)7-6-5/h3H,1-2H3,(H,9,10). The number of carbonyl (C=O) groups is 1. The molecule has 56 valence electrons. The van der Waals surface area contributed by atoms with Gasteiger partial charge in [0.2, 0.25) is 0 Å². The van der Waals surface area contributed by atoms with Gasteiger partial charge in [-0.2, -0.15) is 9.71 Å². The number of rotatable bonds is 2. The Morgan fingerprint density at radius 3 is 2.40 bits per heavy atom. The number of nitrogens with zero attached hydrogens (tertiary/aromatic N) is 4. The lowest BCUT2D eigenvalue weighted by Gasteiger charge is -2.09. The molecule has 0 spiro atoms. The van der Waals surface area contributed by atoms with Gasteiger partial charge in [0.15, 0.2) is 0 Å². The van der Waals surface area contributed by atoms with Crippen LogP contribution in [0.25, 0.3) is 10.4 Å². The average Bonchev–Trinajstić information content (AvgIpc) is 1.81. The van der Waals surface area contributed by atoms with E-state index in [-0.39, 0.29) is 6.04 Å². The Morgan fingerprint density at radius 1 is 1.80 bits per heavy atom. The Balaban J connectivity index is 4.26. The van der Waals surface area contributed by atoms with Crippen LogP contribution < -0.4 is 0 Å². The van der Waals surface area contributed by atoms with Crippen LogP contribution >= 0.6 is 0 Å². The first kappa shape index (κ1) is 8.58. The molecule has 0 radical (unpaired) electrons. The molecule has 6 nitrogen and oxygen atoms in total. The van der Waals surface area contributed by atoms with Gasteiger partial charge in [-0.15, -0.1) is 10.5 Å². The number of hydrogen-bond acceptors (Lipinski definition) is 2. The molecule has 0 aliphatic heterocycles. The van der Waals surface area contributed by atoms with E-state index in [1.807, 2.05) is 0 Å². The van der Waals surface area contributed by atoms with Crippen LogP contribution in [0.5, 0.6) is 0 Å². The molecular formula is C4H8N4O2. The van der Waals surface area contributed by atoms with Crippen molar-refractivity contribution in [2.24, 2.45) is 5.22 Å². The molecule has 0 aromatic heterocycles. The van der Waals surface area contributed by atoms with Crippen molar-refractivity contribution in [1.29, 1.82) is 0 Å². The van der Waals surface area contributed by atoms with Gasteiger partial charge in [0.05, 0.1) is 0 Å². The quantitative estimate of drug-likeness (QED) is 0.276. The van der Waals surface area contributed by atoms with Gasteiger partial charge in [0, 0.05) is 0 Å². The number of azide groups is 1. The Morgan fingerprint density at radius 2 is 2.30 bits per heavy atom. The number of amides is 1. The average molecular weight is 144 g/mol. The zero-order valence-corrected chi connectivity index (χ0v) is 5.72. The van der Waals surface area contributed by atoms with Crippen molar-refractivity contribution in [2.45, 2.75) is 19.9 Å². The van der Waals surface area contributed by atoms with Crippen LogP contribution in [0.15, 0.2) is 5.22 Å². The highest BCUT2D eigenvalue weighted by Crippen LogP contribution is 1.98.